The number of ketones is 1. The fourth-order valence-electron chi connectivity index (χ4n) is 1.23. The van der Waals surface area contributed by atoms with Crippen LogP contribution >= 0.6 is 15.9 Å². The molecule has 0 heterocycles. The maximum absolute atomic E-state index is 13.7. The lowest BCUT2D eigenvalue weighted by Crippen LogP contribution is -2.02. The molecule has 0 atom stereocenters. The molecule has 1 aromatic rings. The number of carbonyl (C=O) groups is 1. The molecule has 3 nitrogen and oxygen atoms in total. The molecule has 82 valence electrons. The normalized spacial score (nSPS) is 9.93. The highest BCUT2D eigenvalue weighted by Crippen LogP contribution is 2.37. The largest absolute Gasteiger partial charge is 0.493 e. The summed E-state index contributed by atoms with van der Waals surface area (Å²) >= 11 is 3.12. The van der Waals surface area contributed by atoms with E-state index in [-0.39, 0.29) is 22.8 Å². The fourth-order valence-corrected chi connectivity index (χ4v) is 1.80. The Balaban J connectivity index is 3.51. The summed E-state index contributed by atoms with van der Waals surface area (Å²) in [6.45, 7) is 1.34. The number of carbonyl (C=O) groups excluding carboxylic acids is 1. The van der Waals surface area contributed by atoms with Crippen LogP contribution in [0, 0.1) is 5.82 Å². The van der Waals surface area contributed by atoms with Crippen LogP contribution in [0.3, 0.4) is 0 Å². The third-order valence-electron chi connectivity index (χ3n) is 1.92. The first-order valence-corrected chi connectivity index (χ1v) is 4.93. The Morgan fingerprint density at radius 2 is 1.87 bits per heavy atom. The highest BCUT2D eigenvalue weighted by atomic mass is 79.9. The number of benzene rings is 1. The van der Waals surface area contributed by atoms with Gasteiger partial charge in [-0.3, -0.25) is 4.79 Å². The Morgan fingerprint density at radius 3 is 2.27 bits per heavy atom. The first kappa shape index (κ1) is 12.0. The van der Waals surface area contributed by atoms with E-state index in [2.05, 4.69) is 15.9 Å². The van der Waals surface area contributed by atoms with Gasteiger partial charge in [0.25, 0.3) is 0 Å². The van der Waals surface area contributed by atoms with Gasteiger partial charge in [-0.15, -0.1) is 0 Å². The molecule has 5 heteroatoms. The van der Waals surface area contributed by atoms with Gasteiger partial charge >= 0.3 is 0 Å². The molecule has 0 aromatic heterocycles. The van der Waals surface area contributed by atoms with Crippen molar-refractivity contribution in [2.75, 3.05) is 14.2 Å². The van der Waals surface area contributed by atoms with Crippen molar-refractivity contribution in [3.63, 3.8) is 0 Å². The van der Waals surface area contributed by atoms with Gasteiger partial charge in [-0.1, -0.05) is 0 Å². The summed E-state index contributed by atoms with van der Waals surface area (Å²) in [7, 11) is 2.65. The Bertz CT molecular complexity index is 404. The van der Waals surface area contributed by atoms with E-state index in [0.717, 1.165) is 0 Å². The minimum Gasteiger partial charge on any atom is -0.493 e. The number of hydrogen-bond acceptors (Lipinski definition) is 3. The van der Waals surface area contributed by atoms with Crippen LogP contribution in [0.5, 0.6) is 11.5 Å². The third kappa shape index (κ3) is 2.12. The van der Waals surface area contributed by atoms with Crippen LogP contribution in [0.2, 0.25) is 0 Å². The Labute approximate surface area is 95.3 Å². The van der Waals surface area contributed by atoms with Gasteiger partial charge in [0.2, 0.25) is 5.82 Å². The Kier molecular flexibility index (Phi) is 3.68. The zero-order chi connectivity index (χ0) is 11.6. The molecular formula is C10H10BrFO3. The predicted molar refractivity (Wildman–Crippen MR) is 57.2 cm³/mol. The van der Waals surface area contributed by atoms with Crippen LogP contribution in [-0.4, -0.2) is 20.0 Å². The van der Waals surface area contributed by atoms with Crippen LogP contribution in [0.1, 0.15) is 17.3 Å². The van der Waals surface area contributed by atoms with E-state index in [1.165, 1.54) is 27.2 Å². The number of rotatable bonds is 3. The van der Waals surface area contributed by atoms with E-state index in [1.807, 2.05) is 0 Å². The third-order valence-corrected chi connectivity index (χ3v) is 2.51. The molecule has 15 heavy (non-hydrogen) atoms. The van der Waals surface area contributed by atoms with E-state index in [9.17, 15) is 9.18 Å². The SMILES string of the molecule is COc1c(Br)cc(C(C)=O)c(OC)c1F. The second-order valence-corrected chi connectivity index (χ2v) is 3.70. The lowest BCUT2D eigenvalue weighted by Gasteiger charge is -2.11. The Morgan fingerprint density at radius 1 is 1.33 bits per heavy atom. The maximum atomic E-state index is 13.7. The molecule has 0 aliphatic heterocycles. The minimum absolute atomic E-state index is 0.0249. The molecular weight excluding hydrogens is 267 g/mol. The molecule has 0 amide bonds. The van der Waals surface area contributed by atoms with Crippen LogP contribution in [0.15, 0.2) is 10.5 Å². The van der Waals surface area contributed by atoms with Crippen molar-refractivity contribution in [3.05, 3.63) is 21.9 Å². The summed E-state index contributed by atoms with van der Waals surface area (Å²) in [6, 6.07) is 1.48. The molecule has 0 aliphatic carbocycles. The molecule has 1 rings (SSSR count). The second-order valence-electron chi connectivity index (χ2n) is 2.84. The average molecular weight is 277 g/mol. The van der Waals surface area contributed by atoms with Gasteiger partial charge in [0.1, 0.15) is 0 Å². The zero-order valence-electron chi connectivity index (χ0n) is 8.56. The molecule has 0 aliphatic rings. The fraction of sp³-hybridized carbons (Fsp3) is 0.300. The highest BCUT2D eigenvalue weighted by molar-refractivity contribution is 9.10. The van der Waals surface area contributed by atoms with Crippen LogP contribution in [0.4, 0.5) is 4.39 Å². The van der Waals surface area contributed by atoms with E-state index in [4.69, 9.17) is 9.47 Å². The minimum atomic E-state index is -0.681. The maximum Gasteiger partial charge on any atom is 0.208 e. The lowest BCUT2D eigenvalue weighted by atomic mass is 10.1. The molecule has 0 spiro atoms. The van der Waals surface area contributed by atoms with Gasteiger partial charge in [0.05, 0.1) is 24.3 Å². The van der Waals surface area contributed by atoms with Gasteiger partial charge in [0, 0.05) is 0 Å². The molecule has 0 bridgehead atoms. The summed E-state index contributed by atoms with van der Waals surface area (Å²) in [4.78, 5) is 11.2. The summed E-state index contributed by atoms with van der Waals surface area (Å²) in [6.07, 6.45) is 0. The molecule has 0 saturated carbocycles. The van der Waals surface area contributed by atoms with Gasteiger partial charge in [0.15, 0.2) is 17.3 Å². The van der Waals surface area contributed by atoms with Crippen molar-refractivity contribution in [2.24, 2.45) is 0 Å². The lowest BCUT2D eigenvalue weighted by molar-refractivity contribution is 0.101. The molecule has 0 radical (unpaired) electrons. The van der Waals surface area contributed by atoms with Crippen molar-refractivity contribution in [2.45, 2.75) is 6.92 Å². The molecule has 0 unspecified atom stereocenters. The van der Waals surface area contributed by atoms with Crippen molar-refractivity contribution in [1.82, 2.24) is 0 Å². The quantitative estimate of drug-likeness (QED) is 0.797. The van der Waals surface area contributed by atoms with E-state index < -0.39 is 5.82 Å². The van der Waals surface area contributed by atoms with Crippen molar-refractivity contribution < 1.29 is 18.7 Å². The highest BCUT2D eigenvalue weighted by Gasteiger charge is 2.20. The second kappa shape index (κ2) is 4.61. The van der Waals surface area contributed by atoms with Gasteiger partial charge in [-0.05, 0) is 28.9 Å². The van der Waals surface area contributed by atoms with E-state index >= 15 is 0 Å². The molecule has 0 N–H and O–H groups in total. The standard InChI is InChI=1S/C10H10BrFO3/c1-5(13)6-4-7(11)10(15-3)8(12)9(6)14-2/h4H,1-3H3. The zero-order valence-corrected chi connectivity index (χ0v) is 10.1. The number of methoxy groups -OCH3 is 2. The summed E-state index contributed by atoms with van der Waals surface area (Å²) in [5, 5.41) is 0. The predicted octanol–water partition coefficient (Wildman–Crippen LogP) is 2.81. The smallest absolute Gasteiger partial charge is 0.208 e. The van der Waals surface area contributed by atoms with Crippen LogP contribution < -0.4 is 9.47 Å². The van der Waals surface area contributed by atoms with E-state index in [1.54, 1.807) is 0 Å². The summed E-state index contributed by atoms with van der Waals surface area (Å²) in [5.74, 6) is -1.02. The van der Waals surface area contributed by atoms with E-state index in [0.29, 0.717) is 4.47 Å². The molecule has 0 saturated heterocycles. The van der Waals surface area contributed by atoms with Gasteiger partial charge < -0.3 is 9.47 Å². The Hall–Kier alpha value is -1.10. The first-order valence-electron chi connectivity index (χ1n) is 4.13. The summed E-state index contributed by atoms with van der Waals surface area (Å²) in [5.41, 5.74) is 0.183. The average Bonchev–Trinajstić information content (AvgIpc) is 2.17. The van der Waals surface area contributed by atoms with Gasteiger partial charge in [-0.25, -0.2) is 0 Å². The van der Waals surface area contributed by atoms with Crippen molar-refractivity contribution >= 4 is 21.7 Å². The van der Waals surface area contributed by atoms with Crippen LogP contribution in [-0.2, 0) is 0 Å². The number of hydrogen-bond donors (Lipinski definition) is 0. The topological polar surface area (TPSA) is 35.5 Å². The molecule has 1 aromatic carbocycles. The van der Waals surface area contributed by atoms with Gasteiger partial charge in [-0.2, -0.15) is 4.39 Å². The van der Waals surface area contributed by atoms with Crippen molar-refractivity contribution in [3.8, 4) is 11.5 Å². The summed E-state index contributed by atoms with van der Waals surface area (Å²) < 4.78 is 23.8. The van der Waals surface area contributed by atoms with Crippen LogP contribution in [0.25, 0.3) is 0 Å². The number of Topliss-reactive ketones (excluding diaryl/α,β-unsaturated/α-hetero) is 1. The molecule has 0 fully saturated rings. The number of ether oxygens (including phenoxy) is 2. The number of halogens is 2. The monoisotopic (exact) mass is 276 g/mol. The first-order chi connectivity index (χ1) is 7.02. The van der Waals surface area contributed by atoms with Crippen molar-refractivity contribution in [1.29, 1.82) is 0 Å².